The zero-order valence-electron chi connectivity index (χ0n) is 23.5. The number of carbonyl (C=O) groups is 2. The lowest BCUT2D eigenvalue weighted by Gasteiger charge is -2.17. The third-order valence-electron chi connectivity index (χ3n) is 7.19. The molecule has 0 atom stereocenters. The van der Waals surface area contributed by atoms with Crippen molar-refractivity contribution in [3.8, 4) is 22.6 Å². The highest BCUT2D eigenvalue weighted by molar-refractivity contribution is 9.11. The van der Waals surface area contributed by atoms with E-state index in [1.54, 1.807) is 32.1 Å². The monoisotopic (exact) mass is 666 g/mol. The highest BCUT2D eigenvalue weighted by Crippen LogP contribution is 2.48. The number of hydrogen-bond acceptors (Lipinski definition) is 7. The van der Waals surface area contributed by atoms with Crippen LogP contribution in [0.25, 0.3) is 32.0 Å². The van der Waals surface area contributed by atoms with E-state index in [-0.39, 0.29) is 28.4 Å². The molecule has 0 fully saturated rings. The normalized spacial score (nSPS) is 11.7. The van der Waals surface area contributed by atoms with E-state index in [2.05, 4.69) is 41.9 Å². The second-order valence-corrected chi connectivity index (χ2v) is 13.6. The van der Waals surface area contributed by atoms with Crippen LogP contribution in [0.4, 0.5) is 0 Å². The van der Waals surface area contributed by atoms with E-state index in [9.17, 15) is 23.1 Å². The second kappa shape index (κ2) is 11.2. The van der Waals surface area contributed by atoms with Crippen LogP contribution in [0.1, 0.15) is 45.3 Å². The molecular weight excluding hydrogens is 640 g/mol. The van der Waals surface area contributed by atoms with Gasteiger partial charge in [-0.1, -0.05) is 31.2 Å². The molecule has 10 heteroatoms. The molecule has 0 aliphatic rings. The van der Waals surface area contributed by atoms with Gasteiger partial charge in [0.05, 0.1) is 4.70 Å². The SMILES string of the molecule is CCC(=O)Oc1cc(S(=O)(=O)Oc2c(C)cc(-c3c4ccccc4c(Br)c4sc(C)c(C)c34)cc2C)ccc1C(=O)O. The number of aromatic carboxylic acids is 1. The highest BCUT2D eigenvalue weighted by Gasteiger charge is 2.25. The van der Waals surface area contributed by atoms with Crippen molar-refractivity contribution in [1.82, 2.24) is 0 Å². The summed E-state index contributed by atoms with van der Waals surface area (Å²) in [5.74, 6) is -2.24. The number of thiophene rings is 1. The smallest absolute Gasteiger partial charge is 0.339 e. The standard InChI is InChI=1S/C32H27BrO7S2/c1-6-26(34)39-25-15-21(11-12-24(25)32(35)36)42(37,38)40-30-16(2)13-20(14-17(30)3)28-22-9-7-8-10-23(22)29(33)31-27(28)18(4)19(5)41-31/h7-15H,6H2,1-5H3,(H,35,36). The fourth-order valence-electron chi connectivity index (χ4n) is 5.03. The number of carboxylic acid groups (broad SMARTS) is 1. The molecule has 0 unspecified atom stereocenters. The Labute approximate surface area is 256 Å². The van der Waals surface area contributed by atoms with Gasteiger partial charge in [0, 0.05) is 27.2 Å². The first-order valence-corrected chi connectivity index (χ1v) is 16.1. The summed E-state index contributed by atoms with van der Waals surface area (Å²) >= 11 is 5.57. The van der Waals surface area contributed by atoms with Gasteiger partial charge in [-0.05, 0) is 106 Å². The number of esters is 1. The lowest BCUT2D eigenvalue weighted by molar-refractivity contribution is -0.134. The van der Waals surface area contributed by atoms with Crippen molar-refractivity contribution >= 4 is 70.2 Å². The Morgan fingerprint density at radius 3 is 2.21 bits per heavy atom. The average molecular weight is 668 g/mol. The van der Waals surface area contributed by atoms with Crippen molar-refractivity contribution in [2.45, 2.75) is 45.9 Å². The van der Waals surface area contributed by atoms with E-state index in [0.717, 1.165) is 54.7 Å². The molecule has 4 aromatic carbocycles. The number of hydrogen-bond donors (Lipinski definition) is 1. The number of carboxylic acids is 1. The molecule has 216 valence electrons. The predicted molar refractivity (Wildman–Crippen MR) is 169 cm³/mol. The van der Waals surface area contributed by atoms with Gasteiger partial charge in [-0.3, -0.25) is 4.79 Å². The number of carbonyl (C=O) groups excluding carboxylic acids is 1. The number of aryl methyl sites for hydroxylation is 4. The van der Waals surface area contributed by atoms with Crippen molar-refractivity contribution in [3.05, 3.63) is 86.2 Å². The zero-order chi connectivity index (χ0) is 30.5. The number of rotatable bonds is 7. The average Bonchev–Trinajstić information content (AvgIpc) is 3.24. The molecule has 1 N–H and O–H groups in total. The molecule has 42 heavy (non-hydrogen) atoms. The predicted octanol–water partition coefficient (Wildman–Crippen LogP) is 8.50. The molecule has 1 aromatic heterocycles. The first-order valence-electron chi connectivity index (χ1n) is 13.1. The number of fused-ring (bicyclic) bond motifs is 2. The molecule has 1 heterocycles. The van der Waals surface area contributed by atoms with E-state index in [0.29, 0.717) is 11.1 Å². The van der Waals surface area contributed by atoms with Crippen LogP contribution < -0.4 is 8.92 Å². The second-order valence-electron chi connectivity index (χ2n) is 9.99. The summed E-state index contributed by atoms with van der Waals surface area (Å²) in [6.45, 7) is 9.34. The van der Waals surface area contributed by atoms with Crippen molar-refractivity contribution in [2.75, 3.05) is 0 Å². The van der Waals surface area contributed by atoms with Gasteiger partial charge in [-0.15, -0.1) is 11.3 Å². The van der Waals surface area contributed by atoms with Crippen LogP contribution in [-0.2, 0) is 14.9 Å². The maximum atomic E-state index is 13.4. The first kappa shape index (κ1) is 29.8. The summed E-state index contributed by atoms with van der Waals surface area (Å²) in [5.41, 5.74) is 4.08. The largest absolute Gasteiger partial charge is 0.478 e. The van der Waals surface area contributed by atoms with E-state index < -0.39 is 22.1 Å². The Balaban J connectivity index is 1.62. The minimum Gasteiger partial charge on any atom is -0.478 e. The molecule has 0 saturated carbocycles. The van der Waals surface area contributed by atoms with E-state index >= 15 is 0 Å². The summed E-state index contributed by atoms with van der Waals surface area (Å²) in [7, 11) is -4.41. The molecule has 5 rings (SSSR count). The van der Waals surface area contributed by atoms with Gasteiger partial charge in [0.1, 0.15) is 22.0 Å². The van der Waals surface area contributed by atoms with Crippen LogP contribution >= 0.6 is 27.3 Å². The van der Waals surface area contributed by atoms with E-state index in [4.69, 9.17) is 8.92 Å². The molecule has 0 radical (unpaired) electrons. The summed E-state index contributed by atoms with van der Waals surface area (Å²) < 4.78 is 39.7. The fourth-order valence-corrected chi connectivity index (χ4v) is 8.00. The molecular formula is C32H27BrO7S2. The molecule has 0 bridgehead atoms. The van der Waals surface area contributed by atoms with Crippen molar-refractivity contribution in [2.24, 2.45) is 0 Å². The Hall–Kier alpha value is -3.73. The maximum Gasteiger partial charge on any atom is 0.339 e. The van der Waals surface area contributed by atoms with Gasteiger partial charge in [0.15, 0.2) is 0 Å². The number of ether oxygens (including phenoxy) is 1. The van der Waals surface area contributed by atoms with Gasteiger partial charge in [-0.25, -0.2) is 4.79 Å². The first-order chi connectivity index (χ1) is 19.8. The van der Waals surface area contributed by atoms with Crippen molar-refractivity contribution in [3.63, 3.8) is 0 Å². The summed E-state index contributed by atoms with van der Waals surface area (Å²) in [5, 5.41) is 12.8. The minimum absolute atomic E-state index is 0.0122. The Kier molecular flexibility index (Phi) is 7.91. The van der Waals surface area contributed by atoms with Crippen LogP contribution in [0.5, 0.6) is 11.5 Å². The molecule has 0 amide bonds. The van der Waals surface area contributed by atoms with Gasteiger partial charge in [-0.2, -0.15) is 8.42 Å². The minimum atomic E-state index is -4.41. The number of benzene rings is 4. The Bertz CT molecular complexity index is 2020. The van der Waals surface area contributed by atoms with Crippen molar-refractivity contribution < 1.29 is 32.0 Å². The van der Waals surface area contributed by atoms with Crippen molar-refractivity contribution in [1.29, 1.82) is 0 Å². The van der Waals surface area contributed by atoms with Crippen LogP contribution in [-0.4, -0.2) is 25.5 Å². The molecule has 0 saturated heterocycles. The summed E-state index contributed by atoms with van der Waals surface area (Å²) in [6, 6.07) is 15.2. The topological polar surface area (TPSA) is 107 Å². The fraction of sp³-hybridized carbons (Fsp3) is 0.188. The van der Waals surface area contributed by atoms with Gasteiger partial charge >= 0.3 is 22.1 Å². The number of halogens is 1. The lowest BCUT2D eigenvalue weighted by atomic mass is 9.91. The highest BCUT2D eigenvalue weighted by atomic mass is 79.9. The third-order valence-corrected chi connectivity index (χ3v) is 10.7. The van der Waals surface area contributed by atoms with Crippen LogP contribution in [0.3, 0.4) is 0 Å². The third kappa shape index (κ3) is 5.19. The summed E-state index contributed by atoms with van der Waals surface area (Å²) in [4.78, 5) is 24.4. The van der Waals surface area contributed by atoms with Crippen LogP contribution in [0.2, 0.25) is 0 Å². The van der Waals surface area contributed by atoms with Crippen LogP contribution in [0, 0.1) is 27.7 Å². The molecule has 0 aliphatic carbocycles. The molecule has 5 aromatic rings. The molecule has 7 nitrogen and oxygen atoms in total. The van der Waals surface area contributed by atoms with E-state index in [1.165, 1.54) is 10.4 Å². The maximum absolute atomic E-state index is 13.4. The van der Waals surface area contributed by atoms with Gasteiger partial charge < -0.3 is 14.0 Å². The quantitative estimate of drug-likeness (QED) is 0.105. The van der Waals surface area contributed by atoms with E-state index in [1.807, 2.05) is 24.3 Å². The Morgan fingerprint density at radius 1 is 0.952 bits per heavy atom. The molecule has 0 aliphatic heterocycles. The molecule has 0 spiro atoms. The zero-order valence-corrected chi connectivity index (χ0v) is 26.7. The summed E-state index contributed by atoms with van der Waals surface area (Å²) in [6.07, 6.45) is -0.0122. The Morgan fingerprint density at radius 2 is 1.60 bits per heavy atom. The van der Waals surface area contributed by atoms with Gasteiger partial charge in [0.25, 0.3) is 0 Å². The van der Waals surface area contributed by atoms with Crippen LogP contribution in [0.15, 0.2) is 64.0 Å². The lowest BCUT2D eigenvalue weighted by Crippen LogP contribution is -2.14. The van der Waals surface area contributed by atoms with Gasteiger partial charge in [0.2, 0.25) is 0 Å².